The first-order valence-corrected chi connectivity index (χ1v) is 16.5. The number of hydrogen-bond acceptors (Lipinski definition) is 2. The van der Waals surface area contributed by atoms with Crippen LogP contribution in [0, 0.1) is 0 Å². The zero-order valence-electron chi connectivity index (χ0n) is 18.5. The molecule has 0 aromatic heterocycles. The van der Waals surface area contributed by atoms with E-state index in [2.05, 4.69) is 113 Å². The Morgan fingerprint density at radius 1 is 0.606 bits per heavy atom. The van der Waals surface area contributed by atoms with Crippen molar-refractivity contribution in [1.82, 2.24) is 0 Å². The molecule has 0 spiro atoms. The van der Waals surface area contributed by atoms with E-state index in [-0.39, 0.29) is 5.97 Å². The third-order valence-electron chi connectivity index (χ3n) is 6.10. The molecule has 2 nitrogen and oxygen atoms in total. The van der Waals surface area contributed by atoms with Crippen molar-refractivity contribution >= 4 is 48.2 Å². The fourth-order valence-electron chi connectivity index (χ4n) is 4.38. The molecular formula is C29H28IO2P. The van der Waals surface area contributed by atoms with E-state index in [0.717, 1.165) is 19.0 Å². The Balaban J connectivity index is 1.62. The number of halogens is 1. The second kappa shape index (κ2) is 10.6. The molecule has 168 valence electrons. The number of hydrogen-bond donors (Lipinski definition) is 0. The van der Waals surface area contributed by atoms with Crippen LogP contribution >= 0.6 is 26.3 Å². The van der Waals surface area contributed by atoms with Crippen molar-refractivity contribution in [2.45, 2.75) is 12.8 Å². The molecule has 0 saturated carbocycles. The predicted molar refractivity (Wildman–Crippen MR) is 150 cm³/mol. The maximum absolute atomic E-state index is 12.3. The number of carbonyl (C=O) groups is 1. The van der Waals surface area contributed by atoms with Gasteiger partial charge in [-0.15, -0.1) is 0 Å². The van der Waals surface area contributed by atoms with Gasteiger partial charge in [0.05, 0.1) is 0 Å². The summed E-state index contributed by atoms with van der Waals surface area (Å²) in [5, 5.41) is 4.13. The van der Waals surface area contributed by atoms with Crippen molar-refractivity contribution < 1.29 is 9.53 Å². The van der Waals surface area contributed by atoms with Gasteiger partial charge in [-0.1, -0.05) is 0 Å². The Bertz CT molecular complexity index is 1070. The summed E-state index contributed by atoms with van der Waals surface area (Å²) in [6.07, 6.45) is 2.79. The molecular weight excluding hydrogens is 538 g/mol. The molecule has 0 aliphatic rings. The van der Waals surface area contributed by atoms with Crippen molar-refractivity contribution in [3.05, 3.63) is 127 Å². The second-order valence-electron chi connectivity index (χ2n) is 8.12. The van der Waals surface area contributed by atoms with Crippen LogP contribution in [0.25, 0.3) is 0 Å². The molecule has 4 aromatic carbocycles. The summed E-state index contributed by atoms with van der Waals surface area (Å²) >= 11 is 2.80. The SMILES string of the molecule is O=C(OCCCCP(I)(c1ccccc1)(c1ccccc1)c1ccccc1)c1ccccc1. The van der Waals surface area contributed by atoms with Crippen LogP contribution in [-0.4, -0.2) is 18.7 Å². The van der Waals surface area contributed by atoms with Crippen molar-refractivity contribution in [3.63, 3.8) is 0 Å². The van der Waals surface area contributed by atoms with E-state index in [1.54, 1.807) is 12.1 Å². The third-order valence-corrected chi connectivity index (χ3v) is 17.8. The summed E-state index contributed by atoms with van der Waals surface area (Å²) < 4.78 is 2.82. The van der Waals surface area contributed by atoms with E-state index in [0.29, 0.717) is 12.2 Å². The van der Waals surface area contributed by atoms with Crippen molar-refractivity contribution in [1.29, 1.82) is 0 Å². The van der Waals surface area contributed by atoms with Crippen LogP contribution in [0.3, 0.4) is 0 Å². The van der Waals surface area contributed by atoms with E-state index in [9.17, 15) is 4.79 Å². The van der Waals surface area contributed by atoms with Gasteiger partial charge in [-0.3, -0.25) is 0 Å². The summed E-state index contributed by atoms with van der Waals surface area (Å²) in [4.78, 5) is 12.3. The monoisotopic (exact) mass is 566 g/mol. The third kappa shape index (κ3) is 4.90. The van der Waals surface area contributed by atoms with Crippen LogP contribution in [0.15, 0.2) is 121 Å². The van der Waals surface area contributed by atoms with Gasteiger partial charge >= 0.3 is 210 Å². The molecule has 0 heterocycles. The zero-order chi connectivity index (χ0) is 23.0. The van der Waals surface area contributed by atoms with Gasteiger partial charge in [-0.2, -0.15) is 0 Å². The summed E-state index contributed by atoms with van der Waals surface area (Å²) in [5.41, 5.74) is 0.601. The van der Waals surface area contributed by atoms with Gasteiger partial charge in [0.2, 0.25) is 0 Å². The van der Waals surface area contributed by atoms with Gasteiger partial charge < -0.3 is 0 Å². The molecule has 0 atom stereocenters. The Kier molecular flexibility index (Phi) is 7.62. The average Bonchev–Trinajstić information content (AvgIpc) is 2.90. The standard InChI is InChI=1S/C29H28IO2P/c30-33(26-17-7-2-8-18-26,27-19-9-3-10-20-27,28-21-11-4-12-22-28)24-14-13-23-32-29(31)25-15-5-1-6-16-25/h1-12,15-22H,13-14,23-24H2. The molecule has 0 bridgehead atoms. The molecule has 4 rings (SSSR count). The molecule has 0 amide bonds. The van der Waals surface area contributed by atoms with E-state index < -0.39 is 4.25 Å². The first-order chi connectivity index (χ1) is 16.1. The van der Waals surface area contributed by atoms with Gasteiger partial charge in [0.1, 0.15) is 0 Å². The normalized spacial score (nSPS) is 12.5. The van der Waals surface area contributed by atoms with E-state index in [1.165, 1.54) is 15.9 Å². The second-order valence-corrected chi connectivity index (χ2v) is 18.9. The number of benzene rings is 4. The van der Waals surface area contributed by atoms with Crippen LogP contribution < -0.4 is 15.9 Å². The summed E-state index contributed by atoms with van der Waals surface area (Å²) in [5.74, 6) is -0.253. The van der Waals surface area contributed by atoms with Crippen molar-refractivity contribution in [2.24, 2.45) is 0 Å². The molecule has 0 fully saturated rings. The fourth-order valence-corrected chi connectivity index (χ4v) is 13.2. The van der Waals surface area contributed by atoms with Crippen molar-refractivity contribution in [2.75, 3.05) is 12.8 Å². The molecule has 0 aliphatic carbocycles. The average molecular weight is 566 g/mol. The van der Waals surface area contributed by atoms with Gasteiger partial charge in [-0.05, 0) is 0 Å². The summed E-state index contributed by atoms with van der Waals surface area (Å²) in [7, 11) is 0. The van der Waals surface area contributed by atoms with E-state index in [4.69, 9.17) is 4.74 Å². The molecule has 33 heavy (non-hydrogen) atoms. The first-order valence-electron chi connectivity index (χ1n) is 11.2. The molecule has 0 unspecified atom stereocenters. The molecule has 0 saturated heterocycles. The van der Waals surface area contributed by atoms with Gasteiger partial charge in [0.15, 0.2) is 0 Å². The molecule has 4 heteroatoms. The Morgan fingerprint density at radius 2 is 1.00 bits per heavy atom. The Hall–Kier alpha value is -2.49. The molecule has 0 N–H and O–H groups in total. The summed E-state index contributed by atoms with van der Waals surface area (Å²) in [6.45, 7) is 0.426. The predicted octanol–water partition coefficient (Wildman–Crippen LogP) is 6.50. The van der Waals surface area contributed by atoms with Gasteiger partial charge in [0.25, 0.3) is 0 Å². The molecule has 0 aliphatic heterocycles. The number of ether oxygens (including phenoxy) is 1. The first kappa shape index (κ1) is 23.7. The number of carbonyl (C=O) groups excluding carboxylic acids is 1. The quantitative estimate of drug-likeness (QED) is 0.100. The van der Waals surface area contributed by atoms with Crippen LogP contribution in [0.4, 0.5) is 0 Å². The Labute approximate surface area is 209 Å². The van der Waals surface area contributed by atoms with E-state index in [1.807, 2.05) is 18.2 Å². The van der Waals surface area contributed by atoms with Gasteiger partial charge in [-0.25, -0.2) is 0 Å². The molecule has 0 radical (unpaired) electrons. The number of esters is 1. The molecule has 4 aromatic rings. The zero-order valence-corrected chi connectivity index (χ0v) is 21.6. The minimum atomic E-state index is -2.75. The van der Waals surface area contributed by atoms with E-state index >= 15 is 0 Å². The van der Waals surface area contributed by atoms with Crippen molar-refractivity contribution in [3.8, 4) is 0 Å². The fraction of sp³-hybridized carbons (Fsp3) is 0.138. The van der Waals surface area contributed by atoms with Gasteiger partial charge in [0, 0.05) is 0 Å². The number of rotatable bonds is 9. The summed E-state index contributed by atoms with van der Waals surface area (Å²) in [6, 6.07) is 42.0. The maximum atomic E-state index is 12.3. The Morgan fingerprint density at radius 3 is 1.42 bits per heavy atom. The number of unbranched alkanes of at least 4 members (excludes halogenated alkanes) is 1. The topological polar surface area (TPSA) is 26.3 Å². The van der Waals surface area contributed by atoms with Crippen LogP contribution in [0.2, 0.25) is 0 Å². The van der Waals surface area contributed by atoms with Crippen LogP contribution in [-0.2, 0) is 4.74 Å². The van der Waals surface area contributed by atoms with Crippen LogP contribution in [0.5, 0.6) is 0 Å². The van der Waals surface area contributed by atoms with Crippen LogP contribution in [0.1, 0.15) is 23.2 Å². The minimum absolute atomic E-state index is 0.253.